The van der Waals surface area contributed by atoms with Crippen LogP contribution in [0.1, 0.15) is 0 Å². The molecule has 0 atom stereocenters. The Morgan fingerprint density at radius 1 is 0.415 bits per heavy atom. The molecule has 0 saturated heterocycles. The molecule has 3 heterocycles. The van der Waals surface area contributed by atoms with Crippen LogP contribution in [0.3, 0.4) is 0 Å². The van der Waals surface area contributed by atoms with E-state index >= 15 is 0 Å². The third kappa shape index (κ3) is 3.46. The summed E-state index contributed by atoms with van der Waals surface area (Å²) in [4.78, 5) is 0. The minimum absolute atomic E-state index is 1.20. The molecule has 0 spiro atoms. The van der Waals surface area contributed by atoms with Gasteiger partial charge < -0.3 is 4.57 Å². The van der Waals surface area contributed by atoms with Crippen LogP contribution >= 0.6 is 22.7 Å². The lowest BCUT2D eigenvalue weighted by molar-refractivity contribution is 1.19. The predicted octanol–water partition coefficient (Wildman–Crippen LogP) is 11.7. The third-order valence-electron chi connectivity index (χ3n) is 8.20. The summed E-state index contributed by atoms with van der Waals surface area (Å²) in [6.45, 7) is 0. The maximum atomic E-state index is 2.44. The molecule has 6 aromatic carbocycles. The van der Waals surface area contributed by atoms with E-state index in [1.165, 1.54) is 79.3 Å². The number of rotatable bonds is 3. The number of para-hydroxylation sites is 2. The molecular formula is C38H23NS2. The Labute approximate surface area is 245 Å². The van der Waals surface area contributed by atoms with E-state index in [1.807, 2.05) is 22.7 Å². The first kappa shape index (κ1) is 23.0. The first-order valence-corrected chi connectivity index (χ1v) is 15.5. The van der Waals surface area contributed by atoms with Gasteiger partial charge in [0.15, 0.2) is 0 Å². The first-order valence-electron chi connectivity index (χ1n) is 13.9. The third-order valence-corrected chi connectivity index (χ3v) is 10.6. The molecule has 0 unspecified atom stereocenters. The monoisotopic (exact) mass is 557 g/mol. The summed E-state index contributed by atoms with van der Waals surface area (Å²) in [6.07, 6.45) is 0. The van der Waals surface area contributed by atoms with Crippen LogP contribution < -0.4 is 0 Å². The van der Waals surface area contributed by atoms with Gasteiger partial charge in [0.1, 0.15) is 0 Å². The van der Waals surface area contributed by atoms with Crippen molar-refractivity contribution in [2.45, 2.75) is 0 Å². The first-order chi connectivity index (χ1) is 20.3. The van der Waals surface area contributed by atoms with Crippen molar-refractivity contribution in [2.75, 3.05) is 0 Å². The highest BCUT2D eigenvalue weighted by Gasteiger charge is 2.18. The number of fused-ring (bicyclic) bond motifs is 8. The lowest BCUT2D eigenvalue weighted by atomic mass is 9.97. The molecule has 0 aliphatic carbocycles. The van der Waals surface area contributed by atoms with Crippen molar-refractivity contribution in [3.63, 3.8) is 0 Å². The number of aromatic nitrogens is 1. The van der Waals surface area contributed by atoms with Gasteiger partial charge in [-0.25, -0.2) is 0 Å². The summed E-state index contributed by atoms with van der Waals surface area (Å²) < 4.78 is 7.80. The molecule has 0 radical (unpaired) electrons. The fourth-order valence-electron chi connectivity index (χ4n) is 6.34. The summed E-state index contributed by atoms with van der Waals surface area (Å²) in [5.41, 5.74) is 8.79. The van der Waals surface area contributed by atoms with Gasteiger partial charge in [-0.3, -0.25) is 0 Å². The van der Waals surface area contributed by atoms with Crippen molar-refractivity contribution in [2.24, 2.45) is 0 Å². The van der Waals surface area contributed by atoms with Gasteiger partial charge in [0.25, 0.3) is 0 Å². The lowest BCUT2D eigenvalue weighted by Gasteiger charge is -2.09. The van der Waals surface area contributed by atoms with E-state index in [-0.39, 0.29) is 0 Å². The number of hydrogen-bond donors (Lipinski definition) is 0. The smallest absolute Gasteiger partial charge is 0.0727 e. The van der Waals surface area contributed by atoms with E-state index in [9.17, 15) is 0 Å². The van der Waals surface area contributed by atoms with Crippen LogP contribution in [0.25, 0.3) is 79.3 Å². The highest BCUT2D eigenvalue weighted by Crippen LogP contribution is 2.44. The van der Waals surface area contributed by atoms with Gasteiger partial charge in [0, 0.05) is 41.3 Å². The van der Waals surface area contributed by atoms with E-state index in [0.717, 1.165) is 0 Å². The molecule has 0 aliphatic rings. The second-order valence-electron chi connectivity index (χ2n) is 10.5. The average molecular weight is 558 g/mol. The largest absolute Gasteiger partial charge is 0.308 e. The molecule has 192 valence electrons. The molecule has 0 amide bonds. The van der Waals surface area contributed by atoms with Crippen molar-refractivity contribution in [1.82, 2.24) is 4.57 Å². The Bertz CT molecular complexity index is 2420. The standard InChI is InChI=1S/C38H23NS2/c1-2-12-27(13-3-1)39-33-18-6-4-15-31(33)38-36(39)32-23-25(20-21-35(32)41-38)24-10-8-11-26(22-24)28-16-9-17-30-29-14-5-7-19-34(29)40-37(28)30/h1-23H. The molecule has 9 aromatic rings. The SMILES string of the molecule is c1ccc(-n2c3ccccc3c3sc4ccc(-c5cccc(-c6cccc7c6sc6ccccc67)c5)cc4c32)cc1. The molecule has 0 saturated carbocycles. The molecule has 9 rings (SSSR count). The van der Waals surface area contributed by atoms with Gasteiger partial charge in [0.05, 0.1) is 15.7 Å². The Morgan fingerprint density at radius 2 is 1.10 bits per heavy atom. The molecule has 3 aromatic heterocycles. The fraction of sp³-hybridized carbons (Fsp3) is 0. The summed E-state index contributed by atoms with van der Waals surface area (Å²) in [5, 5.41) is 5.29. The quantitative estimate of drug-likeness (QED) is 0.204. The number of hydrogen-bond acceptors (Lipinski definition) is 2. The second-order valence-corrected chi connectivity index (χ2v) is 12.6. The molecule has 0 aliphatic heterocycles. The van der Waals surface area contributed by atoms with Crippen molar-refractivity contribution < 1.29 is 0 Å². The van der Waals surface area contributed by atoms with Crippen LogP contribution in [0.15, 0.2) is 140 Å². The maximum absolute atomic E-state index is 2.44. The molecule has 0 N–H and O–H groups in total. The zero-order chi connectivity index (χ0) is 26.9. The minimum atomic E-state index is 1.20. The van der Waals surface area contributed by atoms with Crippen molar-refractivity contribution in [1.29, 1.82) is 0 Å². The van der Waals surface area contributed by atoms with E-state index < -0.39 is 0 Å². The summed E-state index contributed by atoms with van der Waals surface area (Å²) in [5.74, 6) is 0. The van der Waals surface area contributed by atoms with E-state index in [2.05, 4.69) is 144 Å². The molecule has 0 fully saturated rings. The van der Waals surface area contributed by atoms with Crippen LogP contribution in [-0.4, -0.2) is 4.57 Å². The van der Waals surface area contributed by atoms with Gasteiger partial charge in [-0.1, -0.05) is 97.1 Å². The number of nitrogens with zero attached hydrogens (tertiary/aromatic N) is 1. The van der Waals surface area contributed by atoms with Gasteiger partial charge >= 0.3 is 0 Å². The van der Waals surface area contributed by atoms with Gasteiger partial charge in [-0.05, 0) is 64.7 Å². The van der Waals surface area contributed by atoms with Crippen LogP contribution in [0.2, 0.25) is 0 Å². The summed E-state index contributed by atoms with van der Waals surface area (Å²) in [6, 6.07) is 51.0. The van der Waals surface area contributed by atoms with Gasteiger partial charge in [0.2, 0.25) is 0 Å². The van der Waals surface area contributed by atoms with Crippen LogP contribution in [0.5, 0.6) is 0 Å². The lowest BCUT2D eigenvalue weighted by Crippen LogP contribution is -1.92. The Morgan fingerprint density at radius 3 is 2.02 bits per heavy atom. The summed E-state index contributed by atoms with van der Waals surface area (Å²) in [7, 11) is 0. The highest BCUT2D eigenvalue weighted by molar-refractivity contribution is 7.27. The summed E-state index contributed by atoms with van der Waals surface area (Å²) >= 11 is 3.78. The van der Waals surface area contributed by atoms with Crippen LogP contribution in [0.4, 0.5) is 0 Å². The Kier molecular flexibility index (Phi) is 5.00. The van der Waals surface area contributed by atoms with Crippen LogP contribution in [0, 0.1) is 0 Å². The topological polar surface area (TPSA) is 4.93 Å². The minimum Gasteiger partial charge on any atom is -0.308 e. The second kappa shape index (κ2) is 8.90. The zero-order valence-corrected chi connectivity index (χ0v) is 23.7. The molecule has 1 nitrogen and oxygen atoms in total. The average Bonchev–Trinajstić information content (AvgIpc) is 3.70. The molecule has 41 heavy (non-hydrogen) atoms. The predicted molar refractivity (Wildman–Crippen MR) is 180 cm³/mol. The number of thiophene rings is 2. The van der Waals surface area contributed by atoms with E-state index in [1.54, 1.807) is 0 Å². The van der Waals surface area contributed by atoms with E-state index in [4.69, 9.17) is 0 Å². The van der Waals surface area contributed by atoms with E-state index in [0.29, 0.717) is 0 Å². The Hall–Kier alpha value is -4.70. The molecule has 3 heteroatoms. The van der Waals surface area contributed by atoms with Crippen molar-refractivity contribution in [3.05, 3.63) is 140 Å². The molecule has 0 bridgehead atoms. The Balaban J connectivity index is 1.25. The van der Waals surface area contributed by atoms with Crippen molar-refractivity contribution >= 4 is 74.1 Å². The highest BCUT2D eigenvalue weighted by atomic mass is 32.1. The normalized spacial score (nSPS) is 11.9. The van der Waals surface area contributed by atoms with Crippen LogP contribution in [-0.2, 0) is 0 Å². The number of benzene rings is 6. The van der Waals surface area contributed by atoms with Gasteiger partial charge in [-0.15, -0.1) is 22.7 Å². The fourth-order valence-corrected chi connectivity index (χ4v) is 8.78. The van der Waals surface area contributed by atoms with Crippen molar-refractivity contribution in [3.8, 4) is 27.9 Å². The zero-order valence-electron chi connectivity index (χ0n) is 22.0. The molecular weight excluding hydrogens is 535 g/mol. The van der Waals surface area contributed by atoms with Gasteiger partial charge in [-0.2, -0.15) is 0 Å². The maximum Gasteiger partial charge on any atom is 0.0727 e.